The standard InChI is InChI=1S/C13H20ClN3O2/c1-3-17-10(11(14)9(2)16-17)7-13(12(18)19)5-4-6-15-8-13/h15H,3-8H2,1-2H3,(H,18,19). The summed E-state index contributed by atoms with van der Waals surface area (Å²) in [6.45, 7) is 5.91. The van der Waals surface area contributed by atoms with E-state index >= 15 is 0 Å². The Morgan fingerprint density at radius 3 is 2.89 bits per heavy atom. The largest absolute Gasteiger partial charge is 0.481 e. The van der Waals surface area contributed by atoms with Gasteiger partial charge in [-0.05, 0) is 33.2 Å². The number of carbonyl (C=O) groups is 1. The van der Waals surface area contributed by atoms with Gasteiger partial charge >= 0.3 is 5.97 Å². The van der Waals surface area contributed by atoms with Gasteiger partial charge in [-0.25, -0.2) is 0 Å². The van der Waals surface area contributed by atoms with Crippen LogP contribution >= 0.6 is 11.6 Å². The summed E-state index contributed by atoms with van der Waals surface area (Å²) >= 11 is 6.28. The summed E-state index contributed by atoms with van der Waals surface area (Å²) in [5.41, 5.74) is 0.844. The predicted octanol–water partition coefficient (Wildman–Crippen LogP) is 1.86. The van der Waals surface area contributed by atoms with E-state index in [0.29, 0.717) is 31.0 Å². The van der Waals surface area contributed by atoms with Crippen LogP contribution in [0.25, 0.3) is 0 Å². The highest BCUT2D eigenvalue weighted by Gasteiger charge is 2.41. The minimum atomic E-state index is -0.763. The van der Waals surface area contributed by atoms with E-state index in [1.165, 1.54) is 0 Å². The normalized spacial score (nSPS) is 23.5. The Balaban J connectivity index is 2.34. The van der Waals surface area contributed by atoms with Crippen LogP contribution in [0.15, 0.2) is 0 Å². The zero-order valence-electron chi connectivity index (χ0n) is 11.4. The van der Waals surface area contributed by atoms with E-state index in [0.717, 1.165) is 24.4 Å². The van der Waals surface area contributed by atoms with Gasteiger partial charge in [0.1, 0.15) is 0 Å². The molecule has 1 aromatic heterocycles. The van der Waals surface area contributed by atoms with Crippen LogP contribution < -0.4 is 5.32 Å². The molecular formula is C13H20ClN3O2. The molecule has 0 spiro atoms. The zero-order chi connectivity index (χ0) is 14.0. The monoisotopic (exact) mass is 285 g/mol. The van der Waals surface area contributed by atoms with Crippen LogP contribution in [-0.4, -0.2) is 33.9 Å². The second-order valence-electron chi connectivity index (χ2n) is 5.20. The lowest BCUT2D eigenvalue weighted by Crippen LogP contribution is -2.47. The number of carboxylic acid groups (broad SMARTS) is 1. The molecule has 1 unspecified atom stereocenters. The van der Waals surface area contributed by atoms with E-state index in [1.807, 2.05) is 18.5 Å². The molecule has 0 bridgehead atoms. The van der Waals surface area contributed by atoms with Crippen molar-refractivity contribution in [2.75, 3.05) is 13.1 Å². The molecule has 0 aromatic carbocycles. The van der Waals surface area contributed by atoms with Gasteiger partial charge in [-0.3, -0.25) is 9.48 Å². The summed E-state index contributed by atoms with van der Waals surface area (Å²) in [6, 6.07) is 0. The topological polar surface area (TPSA) is 67.2 Å². The molecule has 2 N–H and O–H groups in total. The van der Waals surface area contributed by atoms with Gasteiger partial charge in [0.25, 0.3) is 0 Å². The number of hydrogen-bond donors (Lipinski definition) is 2. The van der Waals surface area contributed by atoms with Gasteiger partial charge in [0.2, 0.25) is 0 Å². The SMILES string of the molecule is CCn1nc(C)c(Cl)c1CC1(C(=O)O)CCCNC1. The van der Waals surface area contributed by atoms with Crippen molar-refractivity contribution >= 4 is 17.6 Å². The van der Waals surface area contributed by atoms with E-state index in [1.54, 1.807) is 0 Å². The first-order chi connectivity index (χ1) is 9.00. The number of carboxylic acids is 1. The van der Waals surface area contributed by atoms with Gasteiger partial charge in [0.05, 0.1) is 21.8 Å². The van der Waals surface area contributed by atoms with Crippen molar-refractivity contribution in [3.63, 3.8) is 0 Å². The number of aliphatic carboxylic acids is 1. The molecule has 1 atom stereocenters. The van der Waals surface area contributed by atoms with E-state index in [2.05, 4.69) is 10.4 Å². The highest BCUT2D eigenvalue weighted by molar-refractivity contribution is 6.31. The fourth-order valence-electron chi connectivity index (χ4n) is 2.74. The van der Waals surface area contributed by atoms with Crippen molar-refractivity contribution in [1.82, 2.24) is 15.1 Å². The van der Waals surface area contributed by atoms with Gasteiger partial charge in [0.15, 0.2) is 0 Å². The van der Waals surface area contributed by atoms with Crippen LogP contribution in [0.1, 0.15) is 31.2 Å². The van der Waals surface area contributed by atoms with E-state index in [-0.39, 0.29) is 0 Å². The number of aromatic nitrogens is 2. The number of hydrogen-bond acceptors (Lipinski definition) is 3. The van der Waals surface area contributed by atoms with Crippen LogP contribution in [0.3, 0.4) is 0 Å². The molecule has 106 valence electrons. The maximum absolute atomic E-state index is 11.7. The second-order valence-corrected chi connectivity index (χ2v) is 5.58. The highest BCUT2D eigenvalue weighted by Crippen LogP contribution is 2.34. The molecule has 0 amide bonds. The van der Waals surface area contributed by atoms with Crippen LogP contribution in [0.4, 0.5) is 0 Å². The summed E-state index contributed by atoms with van der Waals surface area (Å²) in [5.74, 6) is -0.753. The fraction of sp³-hybridized carbons (Fsp3) is 0.692. The Labute approximate surface area is 117 Å². The van der Waals surface area contributed by atoms with Crippen molar-refractivity contribution in [3.05, 3.63) is 16.4 Å². The van der Waals surface area contributed by atoms with Crippen molar-refractivity contribution in [2.45, 2.75) is 39.7 Å². The summed E-state index contributed by atoms with van der Waals surface area (Å²) < 4.78 is 1.82. The van der Waals surface area contributed by atoms with E-state index in [4.69, 9.17) is 11.6 Å². The van der Waals surface area contributed by atoms with Crippen LogP contribution in [0.5, 0.6) is 0 Å². The lowest BCUT2D eigenvalue weighted by molar-refractivity contribution is -0.150. The quantitative estimate of drug-likeness (QED) is 0.886. The lowest BCUT2D eigenvalue weighted by atomic mass is 9.77. The van der Waals surface area contributed by atoms with Crippen LogP contribution in [0.2, 0.25) is 5.02 Å². The third-order valence-corrected chi connectivity index (χ3v) is 4.38. The van der Waals surface area contributed by atoms with Crippen molar-refractivity contribution in [1.29, 1.82) is 0 Å². The Kier molecular flexibility index (Phi) is 4.16. The third-order valence-electron chi connectivity index (χ3n) is 3.88. The van der Waals surface area contributed by atoms with Gasteiger partial charge in [-0.2, -0.15) is 5.10 Å². The molecule has 19 heavy (non-hydrogen) atoms. The molecule has 1 aliphatic rings. The molecule has 1 fully saturated rings. The van der Waals surface area contributed by atoms with Crippen LogP contribution in [0, 0.1) is 12.3 Å². The molecule has 6 heteroatoms. The highest BCUT2D eigenvalue weighted by atomic mass is 35.5. The fourth-order valence-corrected chi connectivity index (χ4v) is 2.94. The van der Waals surface area contributed by atoms with Crippen LogP contribution in [-0.2, 0) is 17.8 Å². The zero-order valence-corrected chi connectivity index (χ0v) is 12.1. The first-order valence-corrected chi connectivity index (χ1v) is 7.04. The Hall–Kier alpha value is -1.07. The first-order valence-electron chi connectivity index (χ1n) is 6.66. The molecule has 2 heterocycles. The first kappa shape index (κ1) is 14.3. The maximum Gasteiger partial charge on any atom is 0.311 e. The molecule has 1 aliphatic heterocycles. The smallest absolute Gasteiger partial charge is 0.311 e. The summed E-state index contributed by atoms with van der Waals surface area (Å²) in [6.07, 6.45) is 1.99. The number of piperidine rings is 1. The molecule has 1 saturated heterocycles. The van der Waals surface area contributed by atoms with E-state index < -0.39 is 11.4 Å². The Morgan fingerprint density at radius 2 is 2.37 bits per heavy atom. The van der Waals surface area contributed by atoms with Gasteiger partial charge < -0.3 is 10.4 Å². The Morgan fingerprint density at radius 1 is 1.63 bits per heavy atom. The summed E-state index contributed by atoms with van der Waals surface area (Å²) in [5, 5.41) is 17.7. The Bertz CT molecular complexity index is 478. The molecule has 5 nitrogen and oxygen atoms in total. The molecular weight excluding hydrogens is 266 g/mol. The van der Waals surface area contributed by atoms with Crippen molar-refractivity contribution in [3.8, 4) is 0 Å². The number of halogens is 1. The van der Waals surface area contributed by atoms with Gasteiger partial charge in [0, 0.05) is 19.5 Å². The number of rotatable bonds is 4. The van der Waals surface area contributed by atoms with Crippen molar-refractivity contribution in [2.24, 2.45) is 5.41 Å². The molecule has 0 saturated carbocycles. The molecule has 0 aliphatic carbocycles. The minimum absolute atomic E-state index is 0.433. The number of nitrogens with one attached hydrogen (secondary N) is 1. The second kappa shape index (κ2) is 5.51. The predicted molar refractivity (Wildman–Crippen MR) is 73.5 cm³/mol. The van der Waals surface area contributed by atoms with E-state index in [9.17, 15) is 9.90 Å². The molecule has 2 rings (SSSR count). The average molecular weight is 286 g/mol. The molecule has 1 aromatic rings. The van der Waals surface area contributed by atoms with Gasteiger partial charge in [-0.1, -0.05) is 11.6 Å². The lowest BCUT2D eigenvalue weighted by Gasteiger charge is -2.33. The molecule has 0 radical (unpaired) electrons. The van der Waals surface area contributed by atoms with Crippen molar-refractivity contribution < 1.29 is 9.90 Å². The average Bonchev–Trinajstić information content (AvgIpc) is 2.67. The summed E-state index contributed by atoms with van der Waals surface area (Å²) in [4.78, 5) is 11.7. The number of aryl methyl sites for hydroxylation is 2. The van der Waals surface area contributed by atoms with Gasteiger partial charge in [-0.15, -0.1) is 0 Å². The number of nitrogens with zero attached hydrogens (tertiary/aromatic N) is 2. The maximum atomic E-state index is 11.7. The summed E-state index contributed by atoms with van der Waals surface area (Å²) in [7, 11) is 0. The minimum Gasteiger partial charge on any atom is -0.481 e. The third kappa shape index (κ3) is 2.62.